The topological polar surface area (TPSA) is 73.1 Å². The number of hydrogen-bond acceptors (Lipinski definition) is 3. The molecule has 2 aromatic rings. The third kappa shape index (κ3) is 2.78. The molecule has 2 rings (SSSR count). The van der Waals surface area contributed by atoms with Crippen molar-refractivity contribution in [3.05, 3.63) is 33.2 Å². The Labute approximate surface area is 129 Å². The second-order valence-electron chi connectivity index (χ2n) is 4.72. The Hall–Kier alpha value is -1.89. The first kappa shape index (κ1) is 15.5. The fraction of sp³-hybridized carbons (Fsp3) is 0.357. The van der Waals surface area contributed by atoms with Crippen LogP contribution in [-0.4, -0.2) is 28.4 Å². The fourth-order valence-corrected chi connectivity index (χ4v) is 2.76. The highest BCUT2D eigenvalue weighted by atomic mass is 79.9. The summed E-state index contributed by atoms with van der Waals surface area (Å²) in [5.74, 6) is -0.283. The van der Waals surface area contributed by atoms with Gasteiger partial charge in [0, 0.05) is 25.0 Å². The minimum atomic E-state index is -0.697. The van der Waals surface area contributed by atoms with E-state index in [1.54, 1.807) is 13.1 Å². The summed E-state index contributed by atoms with van der Waals surface area (Å²) in [6, 6.07) is 4.74. The van der Waals surface area contributed by atoms with Crippen LogP contribution in [0.25, 0.3) is 11.0 Å². The summed E-state index contributed by atoms with van der Waals surface area (Å²) in [7, 11) is 3.18. The van der Waals surface area contributed by atoms with Crippen molar-refractivity contribution in [2.45, 2.75) is 18.9 Å². The van der Waals surface area contributed by atoms with Crippen LogP contribution in [0, 0.1) is 0 Å². The van der Waals surface area contributed by atoms with Gasteiger partial charge in [0.25, 0.3) is 0 Å². The number of aldehydes is 1. The van der Waals surface area contributed by atoms with Gasteiger partial charge >= 0.3 is 5.69 Å². The number of benzene rings is 1. The molecule has 0 fully saturated rings. The Balaban J connectivity index is 2.67. The molecule has 0 aliphatic carbocycles. The van der Waals surface area contributed by atoms with Crippen LogP contribution in [0.3, 0.4) is 0 Å². The van der Waals surface area contributed by atoms with Gasteiger partial charge in [0.2, 0.25) is 5.91 Å². The molecule has 7 heteroatoms. The van der Waals surface area contributed by atoms with Crippen molar-refractivity contribution in [2.75, 3.05) is 7.05 Å². The lowest BCUT2D eigenvalue weighted by Gasteiger charge is -2.16. The molecule has 0 spiro atoms. The van der Waals surface area contributed by atoms with Crippen molar-refractivity contribution >= 4 is 39.2 Å². The molecule has 1 amide bonds. The largest absolute Gasteiger partial charge is 0.357 e. The molecule has 1 unspecified atom stereocenters. The average molecular weight is 354 g/mol. The first-order chi connectivity index (χ1) is 10.0. The second-order valence-corrected chi connectivity index (χ2v) is 5.63. The van der Waals surface area contributed by atoms with Crippen molar-refractivity contribution in [2.24, 2.45) is 7.05 Å². The van der Waals surface area contributed by atoms with E-state index in [4.69, 9.17) is 0 Å². The fourth-order valence-electron chi connectivity index (χ4n) is 2.41. The molecular weight excluding hydrogens is 338 g/mol. The maximum atomic E-state index is 12.5. The number of carbonyl (C=O) groups excluding carboxylic acids is 2. The normalized spacial score (nSPS) is 12.3. The van der Waals surface area contributed by atoms with Crippen molar-refractivity contribution in [1.29, 1.82) is 0 Å². The molecule has 0 bridgehead atoms. The van der Waals surface area contributed by atoms with Crippen molar-refractivity contribution < 1.29 is 9.59 Å². The molecule has 0 radical (unpaired) electrons. The van der Waals surface area contributed by atoms with Crippen molar-refractivity contribution in [3.63, 3.8) is 0 Å². The second kappa shape index (κ2) is 6.26. The molecule has 0 saturated heterocycles. The summed E-state index contributed by atoms with van der Waals surface area (Å²) >= 11 is 3.37. The molecule has 0 aliphatic rings. The third-order valence-electron chi connectivity index (χ3n) is 3.47. The van der Waals surface area contributed by atoms with Crippen LogP contribution in [-0.2, 0) is 16.6 Å². The average Bonchev–Trinajstić information content (AvgIpc) is 2.72. The Bertz CT molecular complexity index is 748. The molecule has 1 atom stereocenters. The van der Waals surface area contributed by atoms with Crippen LogP contribution >= 0.6 is 15.9 Å². The predicted molar refractivity (Wildman–Crippen MR) is 83.3 cm³/mol. The van der Waals surface area contributed by atoms with Gasteiger partial charge in [0.15, 0.2) is 0 Å². The molecule has 0 aliphatic heterocycles. The number of nitrogens with one attached hydrogen (secondary N) is 1. The summed E-state index contributed by atoms with van der Waals surface area (Å²) in [4.78, 5) is 35.2. The van der Waals surface area contributed by atoms with Crippen LogP contribution < -0.4 is 11.0 Å². The number of hydrogen-bond donors (Lipinski definition) is 1. The number of aryl methyl sites for hydroxylation is 1. The van der Waals surface area contributed by atoms with Gasteiger partial charge < -0.3 is 10.1 Å². The molecule has 6 nitrogen and oxygen atoms in total. The number of imidazole rings is 1. The summed E-state index contributed by atoms with van der Waals surface area (Å²) < 4.78 is 3.80. The lowest BCUT2D eigenvalue weighted by atomic mass is 10.1. The van der Waals surface area contributed by atoms with Crippen LogP contribution in [0.5, 0.6) is 0 Å². The molecule has 1 heterocycles. The number of carbonyl (C=O) groups is 2. The number of halogens is 1. The van der Waals surface area contributed by atoms with E-state index in [2.05, 4.69) is 21.2 Å². The van der Waals surface area contributed by atoms with Gasteiger partial charge in [-0.1, -0.05) is 15.9 Å². The lowest BCUT2D eigenvalue weighted by molar-refractivity contribution is -0.124. The maximum Gasteiger partial charge on any atom is 0.329 e. The van der Waals surface area contributed by atoms with E-state index in [1.807, 2.05) is 12.1 Å². The Morgan fingerprint density at radius 3 is 2.76 bits per heavy atom. The number of amides is 1. The molecular formula is C14H16BrN3O3. The van der Waals surface area contributed by atoms with Gasteiger partial charge in [-0.2, -0.15) is 0 Å². The Morgan fingerprint density at radius 1 is 1.43 bits per heavy atom. The van der Waals surface area contributed by atoms with Gasteiger partial charge in [-0.15, -0.1) is 0 Å². The highest BCUT2D eigenvalue weighted by molar-refractivity contribution is 9.10. The van der Waals surface area contributed by atoms with Gasteiger partial charge in [0.1, 0.15) is 12.3 Å². The number of nitrogens with zero attached hydrogens (tertiary/aromatic N) is 2. The highest BCUT2D eigenvalue weighted by Gasteiger charge is 2.24. The number of aromatic nitrogens is 2. The molecule has 112 valence electrons. The third-order valence-corrected chi connectivity index (χ3v) is 3.96. The first-order valence-corrected chi connectivity index (χ1v) is 7.32. The quantitative estimate of drug-likeness (QED) is 0.825. The van der Waals surface area contributed by atoms with E-state index >= 15 is 0 Å². The molecule has 21 heavy (non-hydrogen) atoms. The predicted octanol–water partition coefficient (Wildman–Crippen LogP) is 1.37. The molecule has 0 saturated carbocycles. The number of rotatable bonds is 5. The van der Waals surface area contributed by atoms with E-state index in [0.29, 0.717) is 5.52 Å². The zero-order valence-corrected chi connectivity index (χ0v) is 13.4. The molecule has 1 aromatic carbocycles. The minimum Gasteiger partial charge on any atom is -0.357 e. The summed E-state index contributed by atoms with van der Waals surface area (Å²) in [5.41, 5.74) is 1.13. The summed E-state index contributed by atoms with van der Waals surface area (Å²) in [6.45, 7) is 0. The van der Waals surface area contributed by atoms with E-state index in [1.165, 1.54) is 16.2 Å². The van der Waals surface area contributed by atoms with Gasteiger partial charge in [-0.25, -0.2) is 4.79 Å². The summed E-state index contributed by atoms with van der Waals surface area (Å²) in [5, 5.41) is 2.55. The minimum absolute atomic E-state index is 0.220. The van der Waals surface area contributed by atoms with Gasteiger partial charge in [-0.05, 0) is 24.6 Å². The van der Waals surface area contributed by atoms with Gasteiger partial charge in [0.05, 0.1) is 11.0 Å². The summed E-state index contributed by atoms with van der Waals surface area (Å²) in [6.07, 6.45) is 1.26. The highest BCUT2D eigenvalue weighted by Crippen LogP contribution is 2.23. The van der Waals surface area contributed by atoms with E-state index in [-0.39, 0.29) is 24.4 Å². The number of fused-ring (bicyclic) bond motifs is 1. The van der Waals surface area contributed by atoms with Crippen molar-refractivity contribution in [1.82, 2.24) is 14.5 Å². The SMILES string of the molecule is CNC(=O)C(CCC=O)n1c(=O)n(C)c2cc(Br)ccc21. The molecule has 1 N–H and O–H groups in total. The zero-order valence-electron chi connectivity index (χ0n) is 11.8. The van der Waals surface area contributed by atoms with Crippen LogP contribution in [0.2, 0.25) is 0 Å². The lowest BCUT2D eigenvalue weighted by Crippen LogP contribution is -2.36. The Morgan fingerprint density at radius 2 is 2.14 bits per heavy atom. The monoisotopic (exact) mass is 353 g/mol. The van der Waals surface area contributed by atoms with E-state index in [0.717, 1.165) is 16.3 Å². The standard InChI is InChI=1S/C14H16BrN3O3/c1-16-13(20)11(4-3-7-19)18-10-6-5-9(15)8-12(10)17(2)14(18)21/h5-8,11H,3-4H2,1-2H3,(H,16,20). The van der Waals surface area contributed by atoms with Crippen molar-refractivity contribution in [3.8, 4) is 0 Å². The first-order valence-electron chi connectivity index (χ1n) is 6.53. The Kier molecular flexibility index (Phi) is 4.62. The number of likely N-dealkylation sites (N-methyl/N-ethyl adjacent to an activating group) is 1. The maximum absolute atomic E-state index is 12.5. The zero-order chi connectivity index (χ0) is 15.6. The van der Waals surface area contributed by atoms with Crippen LogP contribution in [0.1, 0.15) is 18.9 Å². The van der Waals surface area contributed by atoms with Gasteiger partial charge in [-0.3, -0.25) is 13.9 Å². The van der Waals surface area contributed by atoms with Crippen LogP contribution in [0.15, 0.2) is 27.5 Å². The van der Waals surface area contributed by atoms with E-state index in [9.17, 15) is 14.4 Å². The molecule has 1 aromatic heterocycles. The van der Waals surface area contributed by atoms with Crippen LogP contribution in [0.4, 0.5) is 0 Å². The van der Waals surface area contributed by atoms with E-state index < -0.39 is 6.04 Å². The smallest absolute Gasteiger partial charge is 0.329 e.